The number of hydrogen-bond acceptors (Lipinski definition) is 1. The molecule has 0 bridgehead atoms. The maximum absolute atomic E-state index is 9.35. The van der Waals surface area contributed by atoms with Gasteiger partial charge in [0.15, 0.2) is 0 Å². The molecule has 0 amide bonds. The van der Waals surface area contributed by atoms with E-state index in [-0.39, 0.29) is 6.61 Å². The Bertz CT molecular complexity index is 933. The van der Waals surface area contributed by atoms with E-state index in [1.807, 2.05) is 0 Å². The Labute approximate surface area is 164 Å². The average Bonchev–Trinajstić information content (AvgIpc) is 3.28. The van der Waals surface area contributed by atoms with Crippen molar-refractivity contribution in [3.05, 3.63) is 76.0 Å². The third kappa shape index (κ3) is 3.15. The Morgan fingerprint density at radius 1 is 0.963 bits per heavy atom. The summed E-state index contributed by atoms with van der Waals surface area (Å²) in [6, 6.07) is 17.0. The fraction of sp³-hybridized carbons (Fsp3) is 0.360. The highest BCUT2D eigenvalue weighted by atomic mass is 28.3. The Kier molecular flexibility index (Phi) is 4.96. The van der Waals surface area contributed by atoms with Crippen LogP contribution in [0.3, 0.4) is 0 Å². The van der Waals surface area contributed by atoms with Gasteiger partial charge in [0.2, 0.25) is 0 Å². The molecule has 2 aliphatic carbocycles. The molecule has 0 unspecified atom stereocenters. The lowest BCUT2D eigenvalue weighted by Gasteiger charge is -2.28. The molecule has 1 N–H and O–H groups in total. The molecule has 0 fully saturated rings. The Morgan fingerprint density at radius 3 is 2.48 bits per heavy atom. The van der Waals surface area contributed by atoms with Gasteiger partial charge in [0.25, 0.3) is 0 Å². The molecular formula is C25H30OSi. The summed E-state index contributed by atoms with van der Waals surface area (Å²) in [5.74, 6) is 0. The van der Waals surface area contributed by atoms with Gasteiger partial charge in [-0.2, -0.15) is 0 Å². The monoisotopic (exact) mass is 374 g/mol. The molecule has 0 atom stereocenters. The quantitative estimate of drug-likeness (QED) is 0.496. The normalized spacial score (nSPS) is 15.8. The van der Waals surface area contributed by atoms with Crippen LogP contribution in [0.5, 0.6) is 0 Å². The Morgan fingerprint density at radius 2 is 1.70 bits per heavy atom. The van der Waals surface area contributed by atoms with Gasteiger partial charge in [-0.25, -0.2) is 0 Å². The maximum atomic E-state index is 9.35. The fourth-order valence-electron chi connectivity index (χ4n) is 4.82. The molecule has 0 saturated heterocycles. The smallest absolute Gasteiger partial charge is 0.0811 e. The molecule has 0 spiro atoms. The predicted octanol–water partition coefficient (Wildman–Crippen LogP) is 6.38. The number of rotatable bonds is 6. The molecule has 0 heterocycles. The Hall–Kier alpha value is -1.90. The first-order valence-corrected chi connectivity index (χ1v) is 13.5. The van der Waals surface area contributed by atoms with Crippen molar-refractivity contribution in [2.45, 2.75) is 51.7 Å². The minimum absolute atomic E-state index is 0.282. The Balaban J connectivity index is 1.84. The third-order valence-electron chi connectivity index (χ3n) is 6.52. The first-order chi connectivity index (χ1) is 13.1. The molecule has 0 radical (unpaired) electrons. The number of fused-ring (bicyclic) bond motifs is 3. The lowest BCUT2D eigenvalue weighted by atomic mass is 9.95. The van der Waals surface area contributed by atoms with E-state index in [0.717, 1.165) is 25.7 Å². The van der Waals surface area contributed by atoms with Crippen LogP contribution in [0, 0.1) is 0 Å². The molecule has 140 valence electrons. The number of allylic oxidation sites excluding steroid dienone is 4. The second-order valence-corrected chi connectivity index (χ2v) is 13.5. The van der Waals surface area contributed by atoms with Crippen LogP contribution < -0.4 is 0 Å². The molecule has 2 heteroatoms. The first-order valence-electron chi connectivity index (χ1n) is 10.3. The van der Waals surface area contributed by atoms with E-state index in [1.54, 1.807) is 10.8 Å². The maximum Gasteiger partial charge on any atom is 0.0811 e. The molecule has 0 aromatic heterocycles. The molecule has 4 rings (SSSR count). The molecular weight excluding hydrogens is 344 g/mol. The summed E-state index contributed by atoms with van der Waals surface area (Å²) < 4.78 is 0. The van der Waals surface area contributed by atoms with E-state index < -0.39 is 8.07 Å². The van der Waals surface area contributed by atoms with Crippen molar-refractivity contribution in [2.24, 2.45) is 0 Å². The van der Waals surface area contributed by atoms with Gasteiger partial charge in [-0.3, -0.25) is 0 Å². The van der Waals surface area contributed by atoms with Crippen LogP contribution >= 0.6 is 0 Å². The highest BCUT2D eigenvalue weighted by Gasteiger charge is 2.33. The van der Waals surface area contributed by atoms with Crippen molar-refractivity contribution in [1.82, 2.24) is 0 Å². The van der Waals surface area contributed by atoms with E-state index in [1.165, 1.54) is 39.4 Å². The van der Waals surface area contributed by atoms with Crippen molar-refractivity contribution in [1.29, 1.82) is 0 Å². The number of hydrogen-bond donors (Lipinski definition) is 1. The van der Waals surface area contributed by atoms with Gasteiger partial charge in [-0.15, -0.1) is 0 Å². The molecule has 2 aromatic rings. The van der Waals surface area contributed by atoms with Crippen molar-refractivity contribution in [3.63, 3.8) is 0 Å². The van der Waals surface area contributed by atoms with Gasteiger partial charge in [0.1, 0.15) is 0 Å². The van der Waals surface area contributed by atoms with Crippen LogP contribution in [0.4, 0.5) is 0 Å². The van der Waals surface area contributed by atoms with Crippen LogP contribution in [-0.2, 0) is 6.42 Å². The van der Waals surface area contributed by atoms with Crippen molar-refractivity contribution in [3.8, 4) is 11.1 Å². The van der Waals surface area contributed by atoms with Crippen molar-refractivity contribution >= 4 is 13.6 Å². The highest BCUT2D eigenvalue weighted by Crippen LogP contribution is 2.46. The minimum Gasteiger partial charge on any atom is -0.396 e. The van der Waals surface area contributed by atoms with Gasteiger partial charge >= 0.3 is 0 Å². The predicted molar refractivity (Wildman–Crippen MR) is 119 cm³/mol. The summed E-state index contributed by atoms with van der Waals surface area (Å²) in [6.07, 6.45) is 6.44. The standard InChI is InChI=1S/C25H30OSi/c1-4-27(2,3)25-18(10-8-16-26)14-15-23(25)22-13-7-12-21-20-11-6-5-9-19(20)17-24(21)22/h5-7,9,11-14,26H,4,8,10,15-17H2,1-3H3. The van der Waals surface area contributed by atoms with Gasteiger partial charge in [-0.05, 0) is 59.1 Å². The summed E-state index contributed by atoms with van der Waals surface area (Å²) in [7, 11) is -1.49. The average molecular weight is 375 g/mol. The zero-order valence-electron chi connectivity index (χ0n) is 16.8. The second kappa shape index (κ2) is 7.25. The van der Waals surface area contributed by atoms with Crippen LogP contribution in [-0.4, -0.2) is 19.8 Å². The van der Waals surface area contributed by atoms with Crippen LogP contribution in [0.2, 0.25) is 19.1 Å². The van der Waals surface area contributed by atoms with Crippen molar-refractivity contribution < 1.29 is 5.11 Å². The zero-order chi connectivity index (χ0) is 19.0. The minimum atomic E-state index is -1.49. The van der Waals surface area contributed by atoms with Gasteiger partial charge in [0, 0.05) is 6.61 Å². The molecule has 0 aliphatic heterocycles. The summed E-state index contributed by atoms with van der Waals surface area (Å²) in [4.78, 5) is 0. The van der Waals surface area contributed by atoms with Gasteiger partial charge in [-0.1, -0.05) is 85.4 Å². The highest BCUT2D eigenvalue weighted by molar-refractivity contribution is 6.86. The number of aliphatic hydroxyl groups excluding tert-OH is 1. The van der Waals surface area contributed by atoms with E-state index in [2.05, 4.69) is 68.6 Å². The van der Waals surface area contributed by atoms with E-state index in [4.69, 9.17) is 0 Å². The largest absolute Gasteiger partial charge is 0.396 e. The lowest BCUT2D eigenvalue weighted by molar-refractivity contribution is 0.289. The van der Waals surface area contributed by atoms with E-state index >= 15 is 0 Å². The number of benzene rings is 2. The van der Waals surface area contributed by atoms with Crippen LogP contribution in [0.15, 0.2) is 59.3 Å². The zero-order valence-corrected chi connectivity index (χ0v) is 17.8. The van der Waals surface area contributed by atoms with E-state index in [0.29, 0.717) is 0 Å². The second-order valence-electron chi connectivity index (χ2n) is 8.52. The summed E-state index contributed by atoms with van der Waals surface area (Å²) in [6.45, 7) is 7.66. The van der Waals surface area contributed by atoms with Gasteiger partial charge < -0.3 is 5.11 Å². The first kappa shape index (κ1) is 18.5. The lowest BCUT2D eigenvalue weighted by Crippen LogP contribution is -2.29. The third-order valence-corrected chi connectivity index (χ3v) is 10.3. The molecule has 0 saturated carbocycles. The molecule has 27 heavy (non-hydrogen) atoms. The summed E-state index contributed by atoms with van der Waals surface area (Å²) in [5, 5.41) is 11.0. The van der Waals surface area contributed by atoms with Crippen molar-refractivity contribution in [2.75, 3.05) is 6.61 Å². The fourth-order valence-corrected chi connectivity index (χ4v) is 7.33. The van der Waals surface area contributed by atoms with Crippen LogP contribution in [0.25, 0.3) is 16.7 Å². The van der Waals surface area contributed by atoms with Gasteiger partial charge in [0.05, 0.1) is 8.07 Å². The van der Waals surface area contributed by atoms with E-state index in [9.17, 15) is 5.11 Å². The SMILES string of the molecule is CC[Si](C)(C)C1=C(c2cccc3c2Cc2ccccc2-3)CC=C1CCCO. The topological polar surface area (TPSA) is 20.2 Å². The summed E-state index contributed by atoms with van der Waals surface area (Å²) >= 11 is 0. The summed E-state index contributed by atoms with van der Waals surface area (Å²) in [5.41, 5.74) is 10.4. The molecule has 1 nitrogen and oxygen atoms in total. The molecule has 2 aliphatic rings. The number of aliphatic hydroxyl groups is 1. The molecule has 2 aromatic carbocycles. The van der Waals surface area contributed by atoms with Crippen LogP contribution in [0.1, 0.15) is 42.9 Å².